The first-order chi connectivity index (χ1) is 11.9. The molecular formula is C16H12F3N5O. The number of halogens is 3. The first kappa shape index (κ1) is 16.6. The smallest absolute Gasteiger partial charge is 0.335 e. The Morgan fingerprint density at radius 3 is 2.52 bits per heavy atom. The topological polar surface area (TPSA) is 83.6 Å². The Bertz CT molecular complexity index is 849. The molecule has 0 saturated carbocycles. The number of carbonyl (C=O) groups excluding carboxylic acids is 1. The summed E-state index contributed by atoms with van der Waals surface area (Å²) in [4.78, 5) is 19.7. The van der Waals surface area contributed by atoms with Gasteiger partial charge >= 0.3 is 6.18 Å². The number of aromatic nitrogens is 4. The first-order valence-electron chi connectivity index (χ1n) is 7.18. The molecule has 0 aromatic carbocycles. The second-order valence-corrected chi connectivity index (χ2v) is 5.14. The van der Waals surface area contributed by atoms with Gasteiger partial charge in [0.2, 0.25) is 0 Å². The predicted octanol–water partition coefficient (Wildman–Crippen LogP) is 2.90. The van der Waals surface area contributed by atoms with Crippen molar-refractivity contribution in [1.82, 2.24) is 25.5 Å². The lowest BCUT2D eigenvalue weighted by Crippen LogP contribution is -2.38. The van der Waals surface area contributed by atoms with Gasteiger partial charge in [-0.25, -0.2) is 0 Å². The number of nitrogens with one attached hydrogen (secondary N) is 2. The molecule has 0 saturated heterocycles. The number of hydrogen-bond donors (Lipinski definition) is 2. The fourth-order valence-corrected chi connectivity index (χ4v) is 2.22. The second kappa shape index (κ2) is 6.71. The molecule has 3 aromatic heterocycles. The highest BCUT2D eigenvalue weighted by molar-refractivity contribution is 5.93. The minimum Gasteiger partial charge on any atom is -0.335 e. The van der Waals surface area contributed by atoms with E-state index in [2.05, 4.69) is 20.2 Å². The molecule has 25 heavy (non-hydrogen) atoms. The number of H-pyrrole nitrogens is 1. The summed E-state index contributed by atoms with van der Waals surface area (Å²) < 4.78 is 39.8. The number of pyridine rings is 2. The average molecular weight is 347 g/mol. The summed E-state index contributed by atoms with van der Waals surface area (Å²) in [6, 6.07) is 5.18. The molecule has 0 spiro atoms. The number of alkyl halides is 3. The molecule has 3 heterocycles. The highest BCUT2D eigenvalue weighted by Gasteiger charge is 2.42. The van der Waals surface area contributed by atoms with Gasteiger partial charge in [-0.2, -0.15) is 18.3 Å². The minimum atomic E-state index is -4.66. The molecule has 0 fully saturated rings. The molecule has 3 aromatic rings. The van der Waals surface area contributed by atoms with Crippen molar-refractivity contribution in [2.24, 2.45) is 0 Å². The van der Waals surface area contributed by atoms with Crippen LogP contribution in [0.15, 0.2) is 55.1 Å². The van der Waals surface area contributed by atoms with Crippen molar-refractivity contribution in [2.75, 3.05) is 0 Å². The summed E-state index contributed by atoms with van der Waals surface area (Å²) in [5, 5.41) is 8.36. The minimum absolute atomic E-state index is 0.0787. The van der Waals surface area contributed by atoms with E-state index in [9.17, 15) is 18.0 Å². The van der Waals surface area contributed by atoms with Crippen LogP contribution in [-0.2, 0) is 0 Å². The molecule has 0 bridgehead atoms. The summed E-state index contributed by atoms with van der Waals surface area (Å²) >= 11 is 0. The first-order valence-corrected chi connectivity index (χ1v) is 7.18. The van der Waals surface area contributed by atoms with Gasteiger partial charge in [0.25, 0.3) is 5.91 Å². The molecule has 2 N–H and O–H groups in total. The van der Waals surface area contributed by atoms with Crippen LogP contribution in [0.3, 0.4) is 0 Å². The van der Waals surface area contributed by atoms with Crippen molar-refractivity contribution in [3.63, 3.8) is 0 Å². The van der Waals surface area contributed by atoms with Gasteiger partial charge in [-0.3, -0.25) is 19.9 Å². The second-order valence-electron chi connectivity index (χ2n) is 5.14. The van der Waals surface area contributed by atoms with Gasteiger partial charge in [0, 0.05) is 35.9 Å². The third-order valence-corrected chi connectivity index (χ3v) is 3.42. The maximum atomic E-state index is 13.3. The lowest BCUT2D eigenvalue weighted by molar-refractivity contribution is -0.155. The fraction of sp³-hybridized carbons (Fsp3) is 0.125. The Hall–Kier alpha value is -3.23. The molecular weight excluding hydrogens is 335 g/mol. The molecule has 0 aliphatic carbocycles. The van der Waals surface area contributed by atoms with Crippen LogP contribution in [-0.4, -0.2) is 32.2 Å². The number of carbonyl (C=O) groups is 1. The Morgan fingerprint density at radius 2 is 1.88 bits per heavy atom. The van der Waals surface area contributed by atoms with Crippen molar-refractivity contribution >= 4 is 5.91 Å². The molecule has 0 radical (unpaired) electrons. The van der Waals surface area contributed by atoms with Crippen LogP contribution < -0.4 is 5.32 Å². The summed E-state index contributed by atoms with van der Waals surface area (Å²) in [6.45, 7) is 0. The summed E-state index contributed by atoms with van der Waals surface area (Å²) in [5.41, 5.74) is 0.879. The Morgan fingerprint density at radius 1 is 1.12 bits per heavy atom. The molecule has 1 atom stereocenters. The van der Waals surface area contributed by atoms with Gasteiger partial charge in [-0.05, 0) is 24.3 Å². The van der Waals surface area contributed by atoms with Crippen molar-refractivity contribution in [3.05, 3.63) is 66.4 Å². The third-order valence-electron chi connectivity index (χ3n) is 3.42. The monoisotopic (exact) mass is 347 g/mol. The third kappa shape index (κ3) is 3.82. The number of nitrogens with zero attached hydrogens (tertiary/aromatic N) is 3. The molecule has 6 nitrogen and oxygen atoms in total. The zero-order valence-corrected chi connectivity index (χ0v) is 12.7. The van der Waals surface area contributed by atoms with E-state index in [1.807, 2.05) is 5.32 Å². The normalized spacial score (nSPS) is 12.6. The summed E-state index contributed by atoms with van der Waals surface area (Å²) in [6.07, 6.45) is 0.854. The van der Waals surface area contributed by atoms with Crippen LogP contribution in [0.5, 0.6) is 0 Å². The SMILES string of the molecule is O=C(N[C@@H](c1cccnc1)C(F)(F)F)c1cc(-c2ccncc2)n[nH]1. The highest BCUT2D eigenvalue weighted by Crippen LogP contribution is 2.32. The molecule has 0 aliphatic rings. The summed E-state index contributed by atoms with van der Waals surface area (Å²) in [5.74, 6) is -0.918. The number of aromatic amines is 1. The molecule has 3 rings (SSSR count). The Kier molecular flexibility index (Phi) is 4.46. The quantitative estimate of drug-likeness (QED) is 0.760. The maximum Gasteiger partial charge on any atom is 0.412 e. The van der Waals surface area contributed by atoms with Crippen molar-refractivity contribution < 1.29 is 18.0 Å². The van der Waals surface area contributed by atoms with Crippen molar-refractivity contribution in [1.29, 1.82) is 0 Å². The molecule has 1 amide bonds. The lowest BCUT2D eigenvalue weighted by Gasteiger charge is -2.21. The van der Waals surface area contributed by atoms with Gasteiger partial charge in [0.05, 0.1) is 5.69 Å². The summed E-state index contributed by atoms with van der Waals surface area (Å²) in [7, 11) is 0. The van der Waals surface area contributed by atoms with E-state index in [4.69, 9.17) is 0 Å². The van der Waals surface area contributed by atoms with Gasteiger partial charge in [-0.15, -0.1) is 0 Å². The van der Waals surface area contributed by atoms with Crippen LogP contribution in [0.1, 0.15) is 22.1 Å². The highest BCUT2D eigenvalue weighted by atomic mass is 19.4. The van der Waals surface area contributed by atoms with E-state index in [1.54, 1.807) is 24.5 Å². The Labute approximate surface area is 140 Å². The largest absolute Gasteiger partial charge is 0.412 e. The zero-order valence-electron chi connectivity index (χ0n) is 12.7. The number of hydrogen-bond acceptors (Lipinski definition) is 4. The molecule has 0 aliphatic heterocycles. The van der Waals surface area contributed by atoms with E-state index >= 15 is 0 Å². The molecule has 9 heteroatoms. The van der Waals surface area contributed by atoms with Crippen LogP contribution in [0.2, 0.25) is 0 Å². The molecule has 0 unspecified atom stereocenters. The Balaban J connectivity index is 1.82. The van der Waals surface area contributed by atoms with Crippen LogP contribution in [0.4, 0.5) is 13.2 Å². The van der Waals surface area contributed by atoms with Crippen molar-refractivity contribution in [2.45, 2.75) is 12.2 Å². The lowest BCUT2D eigenvalue weighted by atomic mass is 10.1. The van der Waals surface area contributed by atoms with Gasteiger partial charge in [0.1, 0.15) is 5.69 Å². The van der Waals surface area contributed by atoms with Gasteiger partial charge in [0.15, 0.2) is 6.04 Å². The zero-order chi connectivity index (χ0) is 17.9. The molecule has 128 valence electrons. The fourth-order valence-electron chi connectivity index (χ4n) is 2.22. The van der Waals surface area contributed by atoms with E-state index in [0.29, 0.717) is 11.3 Å². The van der Waals surface area contributed by atoms with Crippen LogP contribution >= 0.6 is 0 Å². The number of amides is 1. The van der Waals surface area contributed by atoms with Crippen LogP contribution in [0.25, 0.3) is 11.3 Å². The number of rotatable bonds is 4. The average Bonchev–Trinajstić information content (AvgIpc) is 3.10. The van der Waals surface area contributed by atoms with Gasteiger partial charge < -0.3 is 5.32 Å². The predicted molar refractivity (Wildman–Crippen MR) is 82.3 cm³/mol. The standard InChI is InChI=1S/C16H12F3N5O/c17-16(18,19)14(11-2-1-5-21-9-11)22-15(25)13-8-12(23-24-13)10-3-6-20-7-4-10/h1-9,14H,(H,22,25)(H,23,24)/t14-/m0/s1. The van der Waals surface area contributed by atoms with E-state index in [-0.39, 0.29) is 11.3 Å². The van der Waals surface area contributed by atoms with E-state index in [1.165, 1.54) is 24.4 Å². The van der Waals surface area contributed by atoms with E-state index in [0.717, 1.165) is 6.20 Å². The maximum absolute atomic E-state index is 13.3. The van der Waals surface area contributed by atoms with Gasteiger partial charge in [-0.1, -0.05) is 6.07 Å². The van der Waals surface area contributed by atoms with E-state index < -0.39 is 18.1 Å². The van der Waals surface area contributed by atoms with Crippen molar-refractivity contribution in [3.8, 4) is 11.3 Å². The van der Waals surface area contributed by atoms with Crippen LogP contribution in [0, 0.1) is 0 Å².